The van der Waals surface area contributed by atoms with Crippen LogP contribution in [0.15, 0.2) is 29.2 Å². The van der Waals surface area contributed by atoms with Crippen LogP contribution in [0, 0.1) is 11.8 Å². The summed E-state index contributed by atoms with van der Waals surface area (Å²) in [5.74, 6) is 0.768. The third-order valence-electron chi connectivity index (χ3n) is 5.21. The molecule has 2 rings (SSSR count). The number of nitrogens with one attached hydrogen (secondary N) is 3. The predicted molar refractivity (Wildman–Crippen MR) is 110 cm³/mol. The number of carbonyl (C=O) groups excluding carboxylic acids is 1. The van der Waals surface area contributed by atoms with E-state index in [0.29, 0.717) is 28.6 Å². The Morgan fingerprint density at radius 1 is 1.11 bits per heavy atom. The first kappa shape index (κ1) is 21.6. The van der Waals surface area contributed by atoms with E-state index in [2.05, 4.69) is 30.0 Å². The summed E-state index contributed by atoms with van der Waals surface area (Å²) in [5, 5.41) is 3.64. The molecule has 0 saturated heterocycles. The van der Waals surface area contributed by atoms with Crippen molar-refractivity contribution in [1.29, 1.82) is 0 Å². The van der Waals surface area contributed by atoms with Crippen LogP contribution in [-0.4, -0.2) is 43.9 Å². The van der Waals surface area contributed by atoms with E-state index in [-0.39, 0.29) is 4.90 Å². The number of benzene rings is 1. The number of hydrazine groups is 1. The maximum atomic E-state index is 12.2. The lowest BCUT2D eigenvalue weighted by molar-refractivity contribution is 0.0943. The third kappa shape index (κ3) is 5.40. The van der Waals surface area contributed by atoms with Gasteiger partial charge in [-0.25, -0.2) is 12.7 Å². The molecule has 0 spiro atoms. The minimum atomic E-state index is -3.52. The van der Waals surface area contributed by atoms with Crippen LogP contribution in [0.3, 0.4) is 0 Å². The molecular weight excluding hydrogens is 384 g/mol. The van der Waals surface area contributed by atoms with E-state index in [0.717, 1.165) is 10.7 Å². The second-order valence-corrected chi connectivity index (χ2v) is 9.80. The molecular formula is C18H28N4O3S2. The normalized spacial score (nSPS) is 22.9. The van der Waals surface area contributed by atoms with Crippen molar-refractivity contribution in [3.63, 3.8) is 0 Å². The molecule has 27 heavy (non-hydrogen) atoms. The molecule has 1 fully saturated rings. The summed E-state index contributed by atoms with van der Waals surface area (Å²) >= 11 is 5.27. The Kier molecular flexibility index (Phi) is 7.19. The van der Waals surface area contributed by atoms with Crippen molar-refractivity contribution < 1.29 is 13.2 Å². The summed E-state index contributed by atoms with van der Waals surface area (Å²) in [5.41, 5.74) is 5.60. The predicted octanol–water partition coefficient (Wildman–Crippen LogP) is 1.87. The van der Waals surface area contributed by atoms with Gasteiger partial charge in [0.05, 0.1) is 4.90 Å². The molecule has 0 heterocycles. The molecule has 3 atom stereocenters. The van der Waals surface area contributed by atoms with E-state index in [1.54, 1.807) is 0 Å². The molecule has 0 radical (unpaired) electrons. The Morgan fingerprint density at radius 3 is 2.33 bits per heavy atom. The van der Waals surface area contributed by atoms with Gasteiger partial charge in [0, 0.05) is 25.7 Å². The molecule has 7 nitrogen and oxygen atoms in total. The third-order valence-corrected chi connectivity index (χ3v) is 7.26. The van der Waals surface area contributed by atoms with Crippen LogP contribution in [-0.2, 0) is 10.0 Å². The van der Waals surface area contributed by atoms with Crippen LogP contribution in [0.4, 0.5) is 0 Å². The fraction of sp³-hybridized carbons (Fsp3) is 0.556. The summed E-state index contributed by atoms with van der Waals surface area (Å²) in [4.78, 5) is 12.4. The largest absolute Gasteiger partial charge is 0.358 e. The lowest BCUT2D eigenvalue weighted by Gasteiger charge is -2.35. The Labute approximate surface area is 166 Å². The van der Waals surface area contributed by atoms with E-state index in [1.165, 1.54) is 51.2 Å². The highest BCUT2D eigenvalue weighted by atomic mass is 32.2. The Hall–Kier alpha value is -1.71. The molecule has 1 aliphatic carbocycles. The zero-order valence-corrected chi connectivity index (χ0v) is 17.8. The van der Waals surface area contributed by atoms with Crippen molar-refractivity contribution >= 4 is 33.3 Å². The van der Waals surface area contributed by atoms with Crippen LogP contribution in [0.25, 0.3) is 0 Å². The van der Waals surface area contributed by atoms with Gasteiger partial charge >= 0.3 is 0 Å². The summed E-state index contributed by atoms with van der Waals surface area (Å²) in [7, 11) is -0.596. The van der Waals surface area contributed by atoms with Gasteiger partial charge < -0.3 is 5.32 Å². The molecule has 3 N–H and O–H groups in total. The van der Waals surface area contributed by atoms with Crippen molar-refractivity contribution in [3.05, 3.63) is 29.8 Å². The number of nitrogens with zero attached hydrogens (tertiary/aromatic N) is 1. The van der Waals surface area contributed by atoms with Crippen LogP contribution < -0.4 is 16.2 Å². The van der Waals surface area contributed by atoms with Crippen molar-refractivity contribution in [2.45, 2.75) is 44.0 Å². The first-order chi connectivity index (χ1) is 12.6. The fourth-order valence-electron chi connectivity index (χ4n) is 3.16. The molecule has 1 saturated carbocycles. The van der Waals surface area contributed by atoms with E-state index in [4.69, 9.17) is 12.2 Å². The lowest BCUT2D eigenvalue weighted by Crippen LogP contribution is -2.52. The number of amides is 1. The zero-order valence-electron chi connectivity index (χ0n) is 16.2. The van der Waals surface area contributed by atoms with E-state index >= 15 is 0 Å². The van der Waals surface area contributed by atoms with Gasteiger partial charge in [-0.1, -0.05) is 26.7 Å². The van der Waals surface area contributed by atoms with Crippen molar-refractivity contribution in [1.82, 2.24) is 20.5 Å². The number of thiocarbonyl (C=S) groups is 1. The van der Waals surface area contributed by atoms with Crippen LogP contribution in [0.2, 0.25) is 0 Å². The number of hydrogen-bond acceptors (Lipinski definition) is 4. The Bertz CT molecular complexity index is 778. The van der Waals surface area contributed by atoms with Gasteiger partial charge in [0.2, 0.25) is 10.0 Å². The van der Waals surface area contributed by atoms with Gasteiger partial charge in [0.25, 0.3) is 5.91 Å². The Balaban J connectivity index is 1.89. The minimum absolute atomic E-state index is 0.134. The molecule has 1 aromatic rings. The number of sulfonamides is 1. The SMILES string of the molecule is C[C@H]1[C@@H](NC(=S)NNC(=O)c2ccc(S(=O)(=O)N(C)C)cc2)CCC[C@@H]1C. The standard InChI is InChI=1S/C18H28N4O3S2/c1-12-6-5-7-16(13(12)2)19-18(26)21-20-17(23)14-8-10-15(11-9-14)27(24,25)22(3)4/h8-13,16H,5-7H2,1-4H3,(H,20,23)(H2,19,21,26)/t12-,13+,16-/m0/s1. The van der Waals surface area contributed by atoms with E-state index < -0.39 is 15.9 Å². The van der Waals surface area contributed by atoms with Crippen molar-refractivity contribution in [2.24, 2.45) is 11.8 Å². The second-order valence-electron chi connectivity index (χ2n) is 7.24. The highest BCUT2D eigenvalue weighted by Gasteiger charge is 2.27. The van der Waals surface area contributed by atoms with Crippen LogP contribution >= 0.6 is 12.2 Å². The first-order valence-corrected chi connectivity index (χ1v) is 10.9. The average Bonchev–Trinajstić information content (AvgIpc) is 2.63. The highest BCUT2D eigenvalue weighted by molar-refractivity contribution is 7.89. The molecule has 9 heteroatoms. The molecule has 1 aromatic carbocycles. The van der Waals surface area contributed by atoms with Crippen LogP contribution in [0.5, 0.6) is 0 Å². The molecule has 150 valence electrons. The zero-order chi connectivity index (χ0) is 20.2. The number of carbonyl (C=O) groups is 1. The van der Waals surface area contributed by atoms with Gasteiger partial charge in [-0.2, -0.15) is 0 Å². The van der Waals surface area contributed by atoms with Crippen molar-refractivity contribution in [2.75, 3.05) is 14.1 Å². The monoisotopic (exact) mass is 412 g/mol. The molecule has 0 bridgehead atoms. The molecule has 0 aliphatic heterocycles. The van der Waals surface area contributed by atoms with Crippen molar-refractivity contribution in [3.8, 4) is 0 Å². The average molecular weight is 413 g/mol. The maximum absolute atomic E-state index is 12.2. The fourth-order valence-corrected chi connectivity index (χ4v) is 4.27. The minimum Gasteiger partial charge on any atom is -0.358 e. The van der Waals surface area contributed by atoms with E-state index in [1.807, 2.05) is 0 Å². The molecule has 0 aromatic heterocycles. The maximum Gasteiger partial charge on any atom is 0.269 e. The molecule has 0 unspecified atom stereocenters. The summed E-state index contributed by atoms with van der Waals surface area (Å²) in [6.45, 7) is 4.46. The smallest absolute Gasteiger partial charge is 0.269 e. The number of hydrogen-bond donors (Lipinski definition) is 3. The molecule has 1 aliphatic rings. The Morgan fingerprint density at radius 2 is 1.74 bits per heavy atom. The summed E-state index contributed by atoms with van der Waals surface area (Å²) in [6.07, 6.45) is 3.46. The van der Waals surface area contributed by atoms with Gasteiger partial charge in [0.15, 0.2) is 5.11 Å². The second kappa shape index (κ2) is 8.99. The quantitative estimate of drug-likeness (QED) is 0.517. The molecule has 1 amide bonds. The first-order valence-electron chi connectivity index (χ1n) is 9.02. The highest BCUT2D eigenvalue weighted by Crippen LogP contribution is 2.29. The van der Waals surface area contributed by atoms with Gasteiger partial charge in [0.1, 0.15) is 0 Å². The van der Waals surface area contributed by atoms with Gasteiger partial charge in [-0.15, -0.1) is 0 Å². The van der Waals surface area contributed by atoms with Gasteiger partial charge in [-0.05, 0) is 54.7 Å². The van der Waals surface area contributed by atoms with Gasteiger partial charge in [-0.3, -0.25) is 15.6 Å². The summed E-state index contributed by atoms with van der Waals surface area (Å²) in [6, 6.07) is 6.04. The lowest BCUT2D eigenvalue weighted by atomic mass is 9.78. The van der Waals surface area contributed by atoms with Crippen LogP contribution in [0.1, 0.15) is 43.5 Å². The summed E-state index contributed by atoms with van der Waals surface area (Å²) < 4.78 is 25.2. The number of rotatable bonds is 4. The topological polar surface area (TPSA) is 90.5 Å². The van der Waals surface area contributed by atoms with E-state index in [9.17, 15) is 13.2 Å².